The first kappa shape index (κ1) is 17.8. The number of hydrogen-bond acceptors (Lipinski definition) is 5. The van der Waals surface area contributed by atoms with E-state index in [9.17, 15) is 4.79 Å². The maximum atomic E-state index is 12.7. The van der Waals surface area contributed by atoms with E-state index in [-0.39, 0.29) is 11.8 Å². The van der Waals surface area contributed by atoms with Crippen molar-refractivity contribution in [3.8, 4) is 17.6 Å². The number of carbonyl (C=O) groups is 1. The molecule has 3 N–H and O–H groups in total. The van der Waals surface area contributed by atoms with Gasteiger partial charge >= 0.3 is 0 Å². The highest BCUT2D eigenvalue weighted by molar-refractivity contribution is 6.05. The Hall–Kier alpha value is -3.63. The molecule has 0 radical (unpaired) electrons. The highest BCUT2D eigenvalue weighted by atomic mass is 16.5. The Morgan fingerprint density at radius 1 is 1.21 bits per heavy atom. The summed E-state index contributed by atoms with van der Waals surface area (Å²) in [5.41, 5.74) is 2.56. The Morgan fingerprint density at radius 3 is 2.79 bits per heavy atom. The standard InChI is InChI=1S/C21H19N5O2/c22-11-14-3-1-2-4-19(14)28-17-7-5-16(6-8-17)25-21(27)18-13-24-26-20(18)15-9-10-23-12-15/h1-8,13,15,23H,9-10,12H2,(H,24,26)(H,25,27). The first-order chi connectivity index (χ1) is 13.7. The molecule has 2 aromatic carbocycles. The Bertz CT molecular complexity index is 1010. The van der Waals surface area contributed by atoms with Crippen molar-refractivity contribution in [2.75, 3.05) is 18.4 Å². The number of nitrogens with one attached hydrogen (secondary N) is 3. The van der Waals surface area contributed by atoms with Gasteiger partial charge in [-0.1, -0.05) is 12.1 Å². The van der Waals surface area contributed by atoms with Crippen LogP contribution in [0.25, 0.3) is 0 Å². The minimum atomic E-state index is -0.195. The molecular weight excluding hydrogens is 354 g/mol. The van der Waals surface area contributed by atoms with Gasteiger partial charge in [-0.3, -0.25) is 9.89 Å². The number of aromatic amines is 1. The van der Waals surface area contributed by atoms with Gasteiger partial charge in [0.25, 0.3) is 5.91 Å². The van der Waals surface area contributed by atoms with Crippen LogP contribution < -0.4 is 15.4 Å². The summed E-state index contributed by atoms with van der Waals surface area (Å²) in [7, 11) is 0. The van der Waals surface area contributed by atoms with Crippen molar-refractivity contribution in [3.63, 3.8) is 0 Å². The zero-order valence-electron chi connectivity index (χ0n) is 15.1. The highest BCUT2D eigenvalue weighted by Crippen LogP contribution is 2.27. The number of nitriles is 1. The van der Waals surface area contributed by atoms with Crippen molar-refractivity contribution < 1.29 is 9.53 Å². The van der Waals surface area contributed by atoms with Crippen LogP contribution in [0.2, 0.25) is 0 Å². The summed E-state index contributed by atoms with van der Waals surface area (Å²) in [4.78, 5) is 12.7. The summed E-state index contributed by atoms with van der Waals surface area (Å²) in [6.07, 6.45) is 2.55. The van der Waals surface area contributed by atoms with Crippen molar-refractivity contribution in [1.29, 1.82) is 5.26 Å². The molecule has 1 unspecified atom stereocenters. The number of rotatable bonds is 5. The number of para-hydroxylation sites is 1. The number of amides is 1. The average molecular weight is 373 g/mol. The fourth-order valence-electron chi connectivity index (χ4n) is 3.27. The molecule has 7 heteroatoms. The topological polar surface area (TPSA) is 103 Å². The predicted molar refractivity (Wildman–Crippen MR) is 104 cm³/mol. The number of aromatic nitrogens is 2. The van der Waals surface area contributed by atoms with E-state index in [1.54, 1.807) is 48.7 Å². The summed E-state index contributed by atoms with van der Waals surface area (Å²) < 4.78 is 5.76. The first-order valence-corrected chi connectivity index (χ1v) is 9.07. The average Bonchev–Trinajstić information content (AvgIpc) is 3.41. The third-order valence-corrected chi connectivity index (χ3v) is 4.73. The monoisotopic (exact) mass is 373 g/mol. The molecule has 2 heterocycles. The van der Waals surface area contributed by atoms with E-state index in [2.05, 4.69) is 26.9 Å². The van der Waals surface area contributed by atoms with E-state index in [1.165, 1.54) is 0 Å². The van der Waals surface area contributed by atoms with E-state index in [4.69, 9.17) is 10.00 Å². The maximum Gasteiger partial charge on any atom is 0.259 e. The van der Waals surface area contributed by atoms with Crippen LogP contribution in [0, 0.1) is 11.3 Å². The second-order valence-corrected chi connectivity index (χ2v) is 6.58. The molecule has 1 fully saturated rings. The van der Waals surface area contributed by atoms with Crippen LogP contribution in [0.15, 0.2) is 54.7 Å². The number of carbonyl (C=O) groups excluding carboxylic acids is 1. The highest BCUT2D eigenvalue weighted by Gasteiger charge is 2.24. The van der Waals surface area contributed by atoms with Gasteiger partial charge in [0.15, 0.2) is 0 Å². The fraction of sp³-hybridized carbons (Fsp3) is 0.190. The Balaban J connectivity index is 1.44. The molecule has 1 aromatic heterocycles. The lowest BCUT2D eigenvalue weighted by Gasteiger charge is -2.11. The summed E-state index contributed by atoms with van der Waals surface area (Å²) in [5.74, 6) is 1.16. The summed E-state index contributed by atoms with van der Waals surface area (Å²) in [6, 6.07) is 16.2. The third-order valence-electron chi connectivity index (χ3n) is 4.73. The molecule has 7 nitrogen and oxygen atoms in total. The van der Waals surface area contributed by atoms with Crippen LogP contribution in [-0.2, 0) is 0 Å². The summed E-state index contributed by atoms with van der Waals surface area (Å²) >= 11 is 0. The minimum absolute atomic E-state index is 0.195. The van der Waals surface area contributed by atoms with Gasteiger partial charge in [-0.2, -0.15) is 10.4 Å². The lowest BCUT2D eigenvalue weighted by atomic mass is 10.0. The number of benzene rings is 2. The van der Waals surface area contributed by atoms with Crippen molar-refractivity contribution in [2.24, 2.45) is 0 Å². The van der Waals surface area contributed by atoms with Crippen molar-refractivity contribution in [1.82, 2.24) is 15.5 Å². The minimum Gasteiger partial charge on any atom is -0.456 e. The molecule has 28 heavy (non-hydrogen) atoms. The van der Waals surface area contributed by atoms with Crippen LogP contribution in [0.5, 0.6) is 11.5 Å². The van der Waals surface area contributed by atoms with Gasteiger partial charge in [-0.15, -0.1) is 0 Å². The lowest BCUT2D eigenvalue weighted by molar-refractivity contribution is 0.102. The van der Waals surface area contributed by atoms with Gasteiger partial charge in [0.1, 0.15) is 17.6 Å². The molecular formula is C21H19N5O2. The molecule has 0 aliphatic carbocycles. The molecule has 0 bridgehead atoms. The molecule has 1 saturated heterocycles. The third kappa shape index (κ3) is 3.72. The van der Waals surface area contributed by atoms with Crippen LogP contribution in [-0.4, -0.2) is 29.2 Å². The van der Waals surface area contributed by atoms with Crippen LogP contribution in [0.3, 0.4) is 0 Å². The van der Waals surface area contributed by atoms with E-state index < -0.39 is 0 Å². The number of anilines is 1. The second-order valence-electron chi connectivity index (χ2n) is 6.58. The quantitative estimate of drug-likeness (QED) is 0.636. The van der Waals surface area contributed by atoms with Gasteiger partial charge in [0.2, 0.25) is 0 Å². The molecule has 1 atom stereocenters. The molecule has 1 amide bonds. The van der Waals surface area contributed by atoms with Crippen molar-refractivity contribution in [2.45, 2.75) is 12.3 Å². The SMILES string of the molecule is N#Cc1ccccc1Oc1ccc(NC(=O)c2cn[nH]c2C2CCNC2)cc1. The maximum absolute atomic E-state index is 12.7. The Labute approximate surface area is 162 Å². The molecule has 0 saturated carbocycles. The second kappa shape index (κ2) is 7.94. The van der Waals surface area contributed by atoms with E-state index in [1.807, 2.05) is 6.07 Å². The zero-order chi connectivity index (χ0) is 19.3. The smallest absolute Gasteiger partial charge is 0.259 e. The van der Waals surface area contributed by atoms with E-state index >= 15 is 0 Å². The first-order valence-electron chi connectivity index (χ1n) is 9.07. The number of H-pyrrole nitrogens is 1. The van der Waals surface area contributed by atoms with Crippen molar-refractivity contribution >= 4 is 11.6 Å². The largest absolute Gasteiger partial charge is 0.456 e. The van der Waals surface area contributed by atoms with Gasteiger partial charge in [0.05, 0.1) is 23.0 Å². The Morgan fingerprint density at radius 2 is 2.04 bits per heavy atom. The number of ether oxygens (including phenoxy) is 1. The summed E-state index contributed by atoms with van der Waals surface area (Å²) in [6.45, 7) is 1.79. The van der Waals surface area contributed by atoms with Crippen molar-refractivity contribution in [3.05, 3.63) is 71.5 Å². The molecule has 1 aliphatic rings. The predicted octanol–water partition coefficient (Wildman–Crippen LogP) is 3.40. The van der Waals surface area contributed by atoms with Gasteiger partial charge < -0.3 is 15.4 Å². The van der Waals surface area contributed by atoms with E-state index in [0.717, 1.165) is 25.2 Å². The van der Waals surface area contributed by atoms with E-state index in [0.29, 0.717) is 28.3 Å². The van der Waals surface area contributed by atoms with Gasteiger partial charge in [-0.25, -0.2) is 0 Å². The number of nitrogens with zero attached hydrogens (tertiary/aromatic N) is 2. The normalized spacial score (nSPS) is 15.8. The molecule has 140 valence electrons. The van der Waals surface area contributed by atoms with Crippen LogP contribution in [0.1, 0.15) is 34.0 Å². The molecule has 0 spiro atoms. The molecule has 1 aliphatic heterocycles. The number of hydrogen-bond donors (Lipinski definition) is 3. The van der Waals surface area contributed by atoms with Gasteiger partial charge in [0, 0.05) is 18.2 Å². The van der Waals surface area contributed by atoms with Crippen LogP contribution >= 0.6 is 0 Å². The molecule has 4 rings (SSSR count). The zero-order valence-corrected chi connectivity index (χ0v) is 15.1. The summed E-state index contributed by atoms with van der Waals surface area (Å²) in [5, 5.41) is 22.3. The lowest BCUT2D eigenvalue weighted by Crippen LogP contribution is -2.16. The Kier molecular flexibility index (Phi) is 5.04. The molecule has 3 aromatic rings. The van der Waals surface area contributed by atoms with Crippen LogP contribution in [0.4, 0.5) is 5.69 Å². The van der Waals surface area contributed by atoms with Gasteiger partial charge in [-0.05, 0) is 49.4 Å². The fourth-order valence-corrected chi connectivity index (χ4v) is 3.27.